The number of amides is 1. The van der Waals surface area contributed by atoms with Crippen molar-refractivity contribution in [1.29, 1.82) is 0 Å². The van der Waals surface area contributed by atoms with E-state index >= 15 is 0 Å². The second-order valence-electron chi connectivity index (χ2n) is 5.97. The molecule has 1 N–H and O–H groups in total. The van der Waals surface area contributed by atoms with Gasteiger partial charge in [-0.25, -0.2) is 4.68 Å². The van der Waals surface area contributed by atoms with Gasteiger partial charge in [0.2, 0.25) is 0 Å². The Morgan fingerprint density at radius 3 is 2.63 bits per heavy atom. The summed E-state index contributed by atoms with van der Waals surface area (Å²) in [6.07, 6.45) is 4.00. The standard InChI is InChI=1S/C21H18N4O2/c26-21(23-13-11-16-7-4-5-12-22-16)19-15-18(20-10-6-14-27-20)24-25(19)17-8-2-1-3-9-17/h1-10,12,14-15H,11,13H2,(H,23,26). The number of carbonyl (C=O) groups excluding carboxylic acids is 1. The molecule has 3 heterocycles. The van der Waals surface area contributed by atoms with Gasteiger partial charge in [-0.3, -0.25) is 9.78 Å². The Labute approximate surface area is 156 Å². The molecule has 0 aliphatic carbocycles. The average molecular weight is 358 g/mol. The third kappa shape index (κ3) is 3.79. The molecule has 4 rings (SSSR count). The minimum Gasteiger partial charge on any atom is -0.463 e. The summed E-state index contributed by atoms with van der Waals surface area (Å²) in [6, 6.07) is 20.7. The minimum absolute atomic E-state index is 0.194. The Kier molecular flexibility index (Phi) is 4.78. The monoisotopic (exact) mass is 358 g/mol. The van der Waals surface area contributed by atoms with Crippen molar-refractivity contribution in [3.63, 3.8) is 0 Å². The lowest BCUT2D eigenvalue weighted by atomic mass is 10.2. The molecule has 0 saturated carbocycles. The summed E-state index contributed by atoms with van der Waals surface area (Å²) < 4.78 is 7.06. The van der Waals surface area contributed by atoms with Crippen molar-refractivity contribution >= 4 is 5.91 Å². The molecular weight excluding hydrogens is 340 g/mol. The predicted octanol–water partition coefficient (Wildman–Crippen LogP) is 3.50. The highest BCUT2D eigenvalue weighted by Crippen LogP contribution is 2.22. The Morgan fingerprint density at radius 2 is 1.89 bits per heavy atom. The second kappa shape index (κ2) is 7.70. The molecule has 4 aromatic rings. The van der Waals surface area contributed by atoms with Crippen LogP contribution in [0.25, 0.3) is 17.1 Å². The van der Waals surface area contributed by atoms with Gasteiger partial charge >= 0.3 is 0 Å². The molecule has 0 aliphatic heterocycles. The number of hydrogen-bond donors (Lipinski definition) is 1. The van der Waals surface area contributed by atoms with Gasteiger partial charge < -0.3 is 9.73 Å². The number of benzene rings is 1. The first-order valence-corrected chi connectivity index (χ1v) is 8.69. The zero-order chi connectivity index (χ0) is 18.5. The van der Waals surface area contributed by atoms with Gasteiger partial charge in [0.1, 0.15) is 11.4 Å². The Balaban J connectivity index is 1.57. The molecule has 1 amide bonds. The lowest BCUT2D eigenvalue weighted by molar-refractivity contribution is 0.0946. The molecule has 6 nitrogen and oxygen atoms in total. The average Bonchev–Trinajstić information content (AvgIpc) is 3.39. The maximum atomic E-state index is 12.8. The summed E-state index contributed by atoms with van der Waals surface area (Å²) in [5, 5.41) is 7.51. The lowest BCUT2D eigenvalue weighted by Gasteiger charge is -2.08. The summed E-state index contributed by atoms with van der Waals surface area (Å²) in [7, 11) is 0. The predicted molar refractivity (Wildman–Crippen MR) is 102 cm³/mol. The van der Waals surface area contributed by atoms with E-state index in [2.05, 4.69) is 15.4 Å². The van der Waals surface area contributed by atoms with Gasteiger partial charge in [-0.1, -0.05) is 24.3 Å². The number of rotatable bonds is 6. The van der Waals surface area contributed by atoms with E-state index < -0.39 is 0 Å². The van der Waals surface area contributed by atoms with Gasteiger partial charge in [-0.2, -0.15) is 5.10 Å². The first kappa shape index (κ1) is 16.8. The molecule has 27 heavy (non-hydrogen) atoms. The zero-order valence-corrected chi connectivity index (χ0v) is 14.6. The molecule has 0 aliphatic rings. The number of hydrogen-bond acceptors (Lipinski definition) is 4. The van der Waals surface area contributed by atoms with Crippen molar-refractivity contribution < 1.29 is 9.21 Å². The molecule has 134 valence electrons. The number of aromatic nitrogens is 3. The molecule has 0 radical (unpaired) electrons. The van der Waals surface area contributed by atoms with Gasteiger partial charge in [0.05, 0.1) is 12.0 Å². The van der Waals surface area contributed by atoms with E-state index in [9.17, 15) is 4.79 Å². The normalized spacial score (nSPS) is 10.7. The zero-order valence-electron chi connectivity index (χ0n) is 14.6. The van der Waals surface area contributed by atoms with E-state index in [4.69, 9.17) is 4.42 Å². The van der Waals surface area contributed by atoms with Crippen LogP contribution in [0.2, 0.25) is 0 Å². The van der Waals surface area contributed by atoms with Crippen LogP contribution in [-0.4, -0.2) is 27.2 Å². The molecule has 6 heteroatoms. The van der Waals surface area contributed by atoms with E-state index in [-0.39, 0.29) is 5.91 Å². The Hall–Kier alpha value is -3.67. The van der Waals surface area contributed by atoms with Crippen LogP contribution in [0.3, 0.4) is 0 Å². The third-order valence-electron chi connectivity index (χ3n) is 4.11. The molecule has 0 spiro atoms. The molecule has 0 saturated heterocycles. The van der Waals surface area contributed by atoms with E-state index in [1.807, 2.05) is 54.6 Å². The smallest absolute Gasteiger partial charge is 0.270 e. The summed E-state index contributed by atoms with van der Waals surface area (Å²) in [4.78, 5) is 17.1. The molecular formula is C21H18N4O2. The molecule has 0 atom stereocenters. The summed E-state index contributed by atoms with van der Waals surface area (Å²) >= 11 is 0. The van der Waals surface area contributed by atoms with Crippen LogP contribution in [0.1, 0.15) is 16.2 Å². The maximum Gasteiger partial charge on any atom is 0.270 e. The Bertz CT molecular complexity index is 1010. The quantitative estimate of drug-likeness (QED) is 0.572. The molecule has 1 aromatic carbocycles. The van der Waals surface area contributed by atoms with Crippen molar-refractivity contribution in [2.24, 2.45) is 0 Å². The third-order valence-corrected chi connectivity index (χ3v) is 4.11. The van der Waals surface area contributed by atoms with E-state index in [0.29, 0.717) is 30.1 Å². The van der Waals surface area contributed by atoms with Crippen molar-refractivity contribution in [2.75, 3.05) is 6.54 Å². The highest BCUT2D eigenvalue weighted by Gasteiger charge is 2.18. The van der Waals surface area contributed by atoms with Gasteiger partial charge in [-0.15, -0.1) is 0 Å². The molecule has 3 aromatic heterocycles. The second-order valence-corrected chi connectivity index (χ2v) is 5.97. The summed E-state index contributed by atoms with van der Waals surface area (Å²) in [5.41, 5.74) is 2.81. The van der Waals surface area contributed by atoms with Crippen LogP contribution in [0.5, 0.6) is 0 Å². The summed E-state index contributed by atoms with van der Waals surface area (Å²) in [5.74, 6) is 0.423. The SMILES string of the molecule is O=C(NCCc1ccccn1)c1cc(-c2ccco2)nn1-c1ccccc1. The van der Waals surface area contributed by atoms with E-state index in [0.717, 1.165) is 11.4 Å². The van der Waals surface area contributed by atoms with Crippen LogP contribution in [0.4, 0.5) is 0 Å². The minimum atomic E-state index is -0.194. The van der Waals surface area contributed by atoms with Gasteiger partial charge in [0, 0.05) is 30.9 Å². The summed E-state index contributed by atoms with van der Waals surface area (Å²) in [6.45, 7) is 0.492. The fraction of sp³-hybridized carbons (Fsp3) is 0.0952. The van der Waals surface area contributed by atoms with E-state index in [1.54, 1.807) is 29.3 Å². The fourth-order valence-corrected chi connectivity index (χ4v) is 2.79. The Morgan fingerprint density at radius 1 is 1.04 bits per heavy atom. The lowest BCUT2D eigenvalue weighted by Crippen LogP contribution is -2.28. The van der Waals surface area contributed by atoms with E-state index in [1.165, 1.54) is 0 Å². The number of para-hydroxylation sites is 1. The van der Waals surface area contributed by atoms with Gasteiger partial charge in [0.25, 0.3) is 5.91 Å². The van der Waals surface area contributed by atoms with Gasteiger partial charge in [-0.05, 0) is 36.4 Å². The first-order valence-electron chi connectivity index (χ1n) is 8.69. The van der Waals surface area contributed by atoms with Crippen LogP contribution < -0.4 is 5.32 Å². The number of carbonyl (C=O) groups is 1. The number of nitrogens with zero attached hydrogens (tertiary/aromatic N) is 3. The maximum absolute atomic E-state index is 12.8. The number of pyridine rings is 1. The number of nitrogens with one attached hydrogen (secondary N) is 1. The largest absolute Gasteiger partial charge is 0.463 e. The van der Waals surface area contributed by atoms with Crippen LogP contribution in [0.15, 0.2) is 83.6 Å². The van der Waals surface area contributed by atoms with Crippen LogP contribution in [-0.2, 0) is 6.42 Å². The fourth-order valence-electron chi connectivity index (χ4n) is 2.79. The highest BCUT2D eigenvalue weighted by molar-refractivity contribution is 5.94. The van der Waals surface area contributed by atoms with Crippen molar-refractivity contribution in [2.45, 2.75) is 6.42 Å². The van der Waals surface area contributed by atoms with Gasteiger partial charge in [0.15, 0.2) is 5.76 Å². The number of furan rings is 1. The van der Waals surface area contributed by atoms with Crippen LogP contribution in [0, 0.1) is 0 Å². The highest BCUT2D eigenvalue weighted by atomic mass is 16.3. The van der Waals surface area contributed by atoms with Crippen LogP contribution >= 0.6 is 0 Å². The van der Waals surface area contributed by atoms with Crippen molar-refractivity contribution in [1.82, 2.24) is 20.1 Å². The topological polar surface area (TPSA) is 73.0 Å². The molecule has 0 fully saturated rings. The molecule has 0 unspecified atom stereocenters. The van der Waals surface area contributed by atoms with Crippen molar-refractivity contribution in [3.05, 3.63) is 90.6 Å². The first-order chi connectivity index (χ1) is 13.3. The molecule has 0 bridgehead atoms. The van der Waals surface area contributed by atoms with Crippen molar-refractivity contribution in [3.8, 4) is 17.1 Å².